The van der Waals surface area contributed by atoms with Gasteiger partial charge >= 0.3 is 12.1 Å². The first-order chi connectivity index (χ1) is 15.4. The highest BCUT2D eigenvalue weighted by Crippen LogP contribution is 2.28. The van der Waals surface area contributed by atoms with E-state index in [1.54, 1.807) is 0 Å². The van der Waals surface area contributed by atoms with Crippen LogP contribution in [0.3, 0.4) is 0 Å². The second-order valence-corrected chi connectivity index (χ2v) is 9.77. The largest absolute Gasteiger partial charge is 0.465 e. The van der Waals surface area contributed by atoms with Crippen LogP contribution in [0.4, 0.5) is 4.79 Å². The van der Waals surface area contributed by atoms with Crippen molar-refractivity contribution in [2.24, 2.45) is 17.8 Å². The second-order valence-electron chi connectivity index (χ2n) is 9.77. The zero-order chi connectivity index (χ0) is 23.3. The van der Waals surface area contributed by atoms with Crippen LogP contribution in [-0.4, -0.2) is 42.8 Å². The van der Waals surface area contributed by atoms with Crippen LogP contribution < -0.4 is 0 Å². The van der Waals surface area contributed by atoms with Gasteiger partial charge in [0.15, 0.2) is 0 Å². The van der Waals surface area contributed by atoms with Gasteiger partial charge in [0.1, 0.15) is 0 Å². The molecule has 1 aliphatic rings. The van der Waals surface area contributed by atoms with E-state index in [1.807, 2.05) is 50.8 Å². The molecule has 2 atom stereocenters. The van der Waals surface area contributed by atoms with Crippen molar-refractivity contribution in [2.75, 3.05) is 19.8 Å². The maximum absolute atomic E-state index is 13.3. The Kier molecular flexibility index (Phi) is 11.6. The molecule has 1 saturated carbocycles. The van der Waals surface area contributed by atoms with Crippen LogP contribution in [0.2, 0.25) is 0 Å². The highest BCUT2D eigenvalue weighted by atomic mass is 16.6. The zero-order valence-electron chi connectivity index (χ0n) is 20.6. The summed E-state index contributed by atoms with van der Waals surface area (Å²) in [5.74, 6) is 0.321. The summed E-state index contributed by atoms with van der Waals surface area (Å²) in [5, 5.41) is 0. The van der Waals surface area contributed by atoms with E-state index < -0.39 is 0 Å². The molecular formula is C27H43NO4. The zero-order valence-corrected chi connectivity index (χ0v) is 20.6. The third-order valence-electron chi connectivity index (χ3n) is 6.19. The quantitative estimate of drug-likeness (QED) is 0.357. The highest BCUT2D eigenvalue weighted by molar-refractivity contribution is 5.72. The van der Waals surface area contributed by atoms with Crippen LogP contribution >= 0.6 is 0 Å². The summed E-state index contributed by atoms with van der Waals surface area (Å²) >= 11 is 0. The number of carbonyl (C=O) groups is 2. The third-order valence-corrected chi connectivity index (χ3v) is 6.19. The molecule has 32 heavy (non-hydrogen) atoms. The Bertz CT molecular complexity index is 669. The van der Waals surface area contributed by atoms with Crippen LogP contribution in [0, 0.1) is 17.8 Å². The maximum atomic E-state index is 13.3. The van der Waals surface area contributed by atoms with E-state index in [0.717, 1.165) is 24.8 Å². The molecule has 0 N–H and O–H groups in total. The normalized spacial score (nSPS) is 16.4. The van der Waals surface area contributed by atoms with Crippen molar-refractivity contribution in [3.05, 3.63) is 35.9 Å². The van der Waals surface area contributed by atoms with Gasteiger partial charge in [-0.1, -0.05) is 77.3 Å². The standard InChI is InChI=1S/C27H43NO4/c1-5-16-31-26(29)22(4)17-25(18-23-12-8-6-9-13-23)28(27(30)32-20-21(2)3)19-24-14-10-7-11-15-24/h6,8-9,12-13,21-22,24-25H,5,7,10-11,14-20H2,1-4H3. The Morgan fingerprint density at radius 1 is 1.03 bits per heavy atom. The number of rotatable bonds is 12. The van der Waals surface area contributed by atoms with Crippen LogP contribution in [0.5, 0.6) is 0 Å². The van der Waals surface area contributed by atoms with Crippen molar-refractivity contribution < 1.29 is 19.1 Å². The van der Waals surface area contributed by atoms with Gasteiger partial charge in [0, 0.05) is 12.6 Å². The Morgan fingerprint density at radius 3 is 2.34 bits per heavy atom. The molecule has 180 valence electrons. The van der Waals surface area contributed by atoms with Crippen molar-refractivity contribution in [1.29, 1.82) is 0 Å². The predicted molar refractivity (Wildman–Crippen MR) is 128 cm³/mol. The van der Waals surface area contributed by atoms with Crippen molar-refractivity contribution in [1.82, 2.24) is 4.90 Å². The van der Waals surface area contributed by atoms with Gasteiger partial charge in [0.05, 0.1) is 19.1 Å². The summed E-state index contributed by atoms with van der Waals surface area (Å²) < 4.78 is 11.1. The fourth-order valence-electron chi connectivity index (χ4n) is 4.40. The molecule has 0 radical (unpaired) electrons. The van der Waals surface area contributed by atoms with E-state index >= 15 is 0 Å². The molecule has 0 heterocycles. The average Bonchev–Trinajstić information content (AvgIpc) is 2.80. The van der Waals surface area contributed by atoms with Gasteiger partial charge in [-0.2, -0.15) is 0 Å². The average molecular weight is 446 g/mol. The molecule has 0 bridgehead atoms. The molecule has 2 rings (SSSR count). The summed E-state index contributed by atoms with van der Waals surface area (Å²) in [5.41, 5.74) is 1.16. The minimum atomic E-state index is -0.276. The van der Waals surface area contributed by atoms with E-state index in [4.69, 9.17) is 9.47 Å². The van der Waals surface area contributed by atoms with Gasteiger partial charge in [-0.05, 0) is 49.5 Å². The predicted octanol–water partition coefficient (Wildman–Crippen LogP) is 6.25. The van der Waals surface area contributed by atoms with Crippen molar-refractivity contribution in [2.45, 2.75) is 85.1 Å². The lowest BCUT2D eigenvalue weighted by Crippen LogP contribution is -2.46. The summed E-state index contributed by atoms with van der Waals surface area (Å²) in [4.78, 5) is 27.7. The molecule has 0 spiro atoms. The molecule has 2 unspecified atom stereocenters. The number of esters is 1. The number of nitrogens with zero attached hydrogens (tertiary/aromatic N) is 1. The SMILES string of the molecule is CCCOC(=O)C(C)CC(Cc1ccccc1)N(CC1CCCCC1)C(=O)OCC(C)C. The van der Waals surface area contributed by atoms with Crippen molar-refractivity contribution in [3.8, 4) is 0 Å². The lowest BCUT2D eigenvalue weighted by Gasteiger charge is -2.36. The topological polar surface area (TPSA) is 55.8 Å². The third kappa shape index (κ3) is 9.22. The fourth-order valence-corrected chi connectivity index (χ4v) is 4.40. The molecular weight excluding hydrogens is 402 g/mol. The molecule has 0 aromatic heterocycles. The van der Waals surface area contributed by atoms with Crippen LogP contribution in [0.15, 0.2) is 30.3 Å². The van der Waals surface area contributed by atoms with Crippen molar-refractivity contribution >= 4 is 12.1 Å². The Balaban J connectivity index is 2.23. The van der Waals surface area contributed by atoms with Gasteiger partial charge in [0.2, 0.25) is 0 Å². The lowest BCUT2D eigenvalue weighted by molar-refractivity contribution is -0.148. The lowest BCUT2D eigenvalue weighted by atomic mass is 9.87. The van der Waals surface area contributed by atoms with E-state index in [-0.39, 0.29) is 29.9 Å². The molecule has 5 nitrogen and oxygen atoms in total. The minimum Gasteiger partial charge on any atom is -0.465 e. The van der Waals surface area contributed by atoms with Gasteiger partial charge < -0.3 is 14.4 Å². The highest BCUT2D eigenvalue weighted by Gasteiger charge is 2.31. The molecule has 1 fully saturated rings. The summed E-state index contributed by atoms with van der Waals surface area (Å²) in [6.45, 7) is 9.55. The number of carbonyl (C=O) groups excluding carboxylic acids is 2. The Morgan fingerprint density at radius 2 is 1.72 bits per heavy atom. The minimum absolute atomic E-state index is 0.108. The summed E-state index contributed by atoms with van der Waals surface area (Å²) in [7, 11) is 0. The smallest absolute Gasteiger partial charge is 0.410 e. The number of benzene rings is 1. The van der Waals surface area contributed by atoms with Gasteiger partial charge in [-0.3, -0.25) is 4.79 Å². The summed E-state index contributed by atoms with van der Waals surface area (Å²) in [6, 6.07) is 10.1. The number of hydrogen-bond donors (Lipinski definition) is 0. The van der Waals surface area contributed by atoms with Gasteiger partial charge in [-0.25, -0.2) is 4.79 Å². The van der Waals surface area contributed by atoms with E-state index in [0.29, 0.717) is 38.5 Å². The molecule has 0 saturated heterocycles. The first kappa shape index (κ1) is 26.2. The maximum Gasteiger partial charge on any atom is 0.410 e. The van der Waals surface area contributed by atoms with E-state index in [2.05, 4.69) is 12.1 Å². The fraction of sp³-hybridized carbons (Fsp3) is 0.704. The molecule has 1 aromatic rings. The van der Waals surface area contributed by atoms with Crippen LogP contribution in [0.25, 0.3) is 0 Å². The first-order valence-corrected chi connectivity index (χ1v) is 12.5. The first-order valence-electron chi connectivity index (χ1n) is 12.5. The second kappa shape index (κ2) is 14.2. The molecule has 1 aromatic carbocycles. The monoisotopic (exact) mass is 445 g/mol. The molecule has 1 aliphatic carbocycles. The van der Waals surface area contributed by atoms with E-state index in [1.165, 1.54) is 19.3 Å². The number of ether oxygens (including phenoxy) is 2. The Labute approximate surface area is 194 Å². The summed E-state index contributed by atoms with van der Waals surface area (Å²) in [6.07, 6.45) is 7.87. The molecule has 0 aliphatic heterocycles. The number of amides is 1. The number of hydrogen-bond acceptors (Lipinski definition) is 4. The van der Waals surface area contributed by atoms with E-state index in [9.17, 15) is 9.59 Å². The van der Waals surface area contributed by atoms with Crippen LogP contribution in [0.1, 0.15) is 78.2 Å². The van der Waals surface area contributed by atoms with Crippen molar-refractivity contribution in [3.63, 3.8) is 0 Å². The molecule has 5 heteroatoms. The van der Waals surface area contributed by atoms with Crippen LogP contribution in [-0.2, 0) is 20.7 Å². The van der Waals surface area contributed by atoms with Gasteiger partial charge in [0.25, 0.3) is 0 Å². The molecule has 1 amide bonds. The van der Waals surface area contributed by atoms with Gasteiger partial charge in [-0.15, -0.1) is 0 Å². The Hall–Kier alpha value is -2.04.